The van der Waals surface area contributed by atoms with E-state index < -0.39 is 0 Å². The second-order valence-corrected chi connectivity index (χ2v) is 9.57. The fourth-order valence-electron chi connectivity index (χ4n) is 2.21. The number of nitrogens with zero attached hydrogens (tertiary/aromatic N) is 1. The molecule has 0 spiro atoms. The van der Waals surface area contributed by atoms with Crippen molar-refractivity contribution in [2.75, 3.05) is 102 Å². The van der Waals surface area contributed by atoms with Crippen LogP contribution in [0.15, 0.2) is 3.77 Å². The van der Waals surface area contributed by atoms with Crippen LogP contribution >= 0.6 is 0 Å². The van der Waals surface area contributed by atoms with Crippen molar-refractivity contribution in [1.82, 2.24) is 0 Å². The van der Waals surface area contributed by atoms with E-state index in [1.807, 2.05) is 0 Å². The first-order chi connectivity index (χ1) is 12.4. The maximum absolute atomic E-state index is 5.66. The van der Waals surface area contributed by atoms with Crippen LogP contribution in [-0.4, -0.2) is 102 Å². The molecule has 2 saturated heterocycles. The Morgan fingerprint density at radius 1 is 0.480 bits per heavy atom. The molecule has 0 atom stereocenters. The Kier molecular flexibility index (Phi) is 13.2. The van der Waals surface area contributed by atoms with Crippen LogP contribution in [0.5, 0.6) is 0 Å². The van der Waals surface area contributed by atoms with Crippen molar-refractivity contribution >= 4 is 21.8 Å². The Morgan fingerprint density at radius 3 is 1.28 bits per heavy atom. The Morgan fingerprint density at radius 2 is 0.840 bits per heavy atom. The average molecular weight is 399 g/mol. The summed E-state index contributed by atoms with van der Waals surface area (Å²) in [5, 5.41) is 0. The van der Waals surface area contributed by atoms with Crippen LogP contribution in [0.25, 0.3) is 0 Å². The second-order valence-electron chi connectivity index (χ2n) is 5.49. The smallest absolute Gasteiger partial charge is 0.159 e. The molecule has 0 aromatic heterocycles. The lowest BCUT2D eigenvalue weighted by atomic mass is 10.7. The Bertz CT molecular complexity index is 336. The molecule has 0 aliphatic carbocycles. The summed E-state index contributed by atoms with van der Waals surface area (Å²) >= 11 is -0.0233. The lowest BCUT2D eigenvalue weighted by Crippen LogP contribution is -2.24. The van der Waals surface area contributed by atoms with Crippen molar-refractivity contribution in [3.05, 3.63) is 0 Å². The molecule has 2 fully saturated rings. The second kappa shape index (κ2) is 15.3. The van der Waals surface area contributed by atoms with Crippen molar-refractivity contribution in [1.29, 1.82) is 0 Å². The summed E-state index contributed by atoms with van der Waals surface area (Å²) < 4.78 is 38.6. The van der Waals surface area contributed by atoms with E-state index in [4.69, 9.17) is 32.2 Å². The van der Waals surface area contributed by atoms with Crippen LogP contribution in [0.2, 0.25) is 0 Å². The SMILES string of the molecule is C1COCCS(=N[S+]2CCOCCOCCOCC2)CCOCCO1. The van der Waals surface area contributed by atoms with Gasteiger partial charge < -0.3 is 28.4 Å². The van der Waals surface area contributed by atoms with Crippen molar-refractivity contribution in [2.24, 2.45) is 3.77 Å². The van der Waals surface area contributed by atoms with Crippen LogP contribution in [0.3, 0.4) is 0 Å². The van der Waals surface area contributed by atoms with Gasteiger partial charge in [0.2, 0.25) is 0 Å². The molecule has 2 rings (SSSR count). The molecule has 7 nitrogen and oxygen atoms in total. The third kappa shape index (κ3) is 11.6. The van der Waals surface area contributed by atoms with Gasteiger partial charge in [0.15, 0.2) is 11.5 Å². The number of rotatable bonds is 1. The predicted molar refractivity (Wildman–Crippen MR) is 102 cm³/mol. The molecule has 25 heavy (non-hydrogen) atoms. The minimum absolute atomic E-state index is 0.0233. The molecule has 2 aliphatic heterocycles. The molecule has 0 radical (unpaired) electrons. The average Bonchev–Trinajstić information content (AvgIpc) is 2.59. The molecule has 2 aliphatic rings. The van der Waals surface area contributed by atoms with Crippen LogP contribution in [-0.2, 0) is 50.2 Å². The van der Waals surface area contributed by atoms with Crippen molar-refractivity contribution < 1.29 is 28.4 Å². The van der Waals surface area contributed by atoms with Gasteiger partial charge >= 0.3 is 0 Å². The van der Waals surface area contributed by atoms with Gasteiger partial charge in [-0.3, -0.25) is 0 Å². The highest BCUT2D eigenvalue weighted by atomic mass is 32.2. The first kappa shape index (κ1) is 21.6. The molecule has 148 valence electrons. The quantitative estimate of drug-likeness (QED) is 0.598. The normalized spacial score (nSPS) is 25.8. The van der Waals surface area contributed by atoms with Gasteiger partial charge in [-0.1, -0.05) is 0 Å². The van der Waals surface area contributed by atoms with Crippen LogP contribution < -0.4 is 0 Å². The molecule has 0 saturated carbocycles. The molecule has 0 aromatic rings. The monoisotopic (exact) mass is 398 g/mol. The van der Waals surface area contributed by atoms with Gasteiger partial charge in [-0.25, -0.2) is 0 Å². The first-order valence-electron chi connectivity index (χ1n) is 8.98. The summed E-state index contributed by atoms with van der Waals surface area (Å²) in [7, 11) is -0.0233. The Hall–Kier alpha value is 0.260. The van der Waals surface area contributed by atoms with Gasteiger partial charge in [-0.2, -0.15) is 0 Å². The lowest BCUT2D eigenvalue weighted by Gasteiger charge is -2.13. The maximum Gasteiger partial charge on any atom is 0.159 e. The zero-order valence-corrected chi connectivity index (χ0v) is 16.7. The van der Waals surface area contributed by atoms with Gasteiger partial charge in [0.25, 0.3) is 0 Å². The fourth-order valence-corrected chi connectivity index (χ4v) is 6.24. The highest BCUT2D eigenvalue weighted by Crippen LogP contribution is 2.06. The van der Waals surface area contributed by atoms with Gasteiger partial charge in [0.1, 0.15) is 11.1 Å². The molecule has 0 N–H and O–H groups in total. The molecule has 0 aromatic carbocycles. The number of ether oxygens (including phenoxy) is 6. The van der Waals surface area contributed by atoms with Gasteiger partial charge in [0, 0.05) is 11.5 Å². The summed E-state index contributed by atoms with van der Waals surface area (Å²) in [6, 6.07) is 0. The summed E-state index contributed by atoms with van der Waals surface area (Å²) in [4.78, 5) is 0. The third-order valence-electron chi connectivity index (χ3n) is 3.55. The Labute approximate surface area is 156 Å². The minimum Gasteiger partial charge on any atom is -0.378 e. The van der Waals surface area contributed by atoms with Gasteiger partial charge in [-0.05, 0) is 14.5 Å². The molecule has 2 heterocycles. The third-order valence-corrected chi connectivity index (χ3v) is 7.79. The van der Waals surface area contributed by atoms with E-state index in [9.17, 15) is 0 Å². The van der Waals surface area contributed by atoms with E-state index in [2.05, 4.69) is 0 Å². The van der Waals surface area contributed by atoms with E-state index in [0.717, 1.165) is 49.4 Å². The van der Waals surface area contributed by atoms with E-state index in [-0.39, 0.29) is 21.8 Å². The maximum atomic E-state index is 5.66. The van der Waals surface area contributed by atoms with Crippen molar-refractivity contribution in [3.8, 4) is 0 Å². The van der Waals surface area contributed by atoms with Gasteiger partial charge in [-0.15, -0.1) is 0 Å². The molecule has 0 bridgehead atoms. The van der Waals surface area contributed by atoms with E-state index in [0.29, 0.717) is 52.9 Å². The topological polar surface area (TPSA) is 67.7 Å². The zero-order chi connectivity index (χ0) is 17.4. The molecular weight excluding hydrogens is 366 g/mol. The summed E-state index contributed by atoms with van der Waals surface area (Å²) in [6.45, 7) is 8.06. The summed E-state index contributed by atoms with van der Waals surface area (Å²) in [6.07, 6.45) is 0. The molecule has 0 unspecified atom stereocenters. The van der Waals surface area contributed by atoms with E-state index in [1.54, 1.807) is 0 Å². The zero-order valence-electron chi connectivity index (χ0n) is 15.0. The first-order valence-corrected chi connectivity index (χ1v) is 12.0. The fraction of sp³-hybridized carbons (Fsp3) is 1.00. The van der Waals surface area contributed by atoms with Crippen molar-refractivity contribution in [2.45, 2.75) is 0 Å². The Balaban J connectivity index is 1.85. The van der Waals surface area contributed by atoms with Crippen LogP contribution in [0.4, 0.5) is 0 Å². The predicted octanol–water partition coefficient (Wildman–Crippen LogP) is 0.448. The van der Waals surface area contributed by atoms with E-state index >= 15 is 0 Å². The minimum atomic E-state index is -0.0233. The van der Waals surface area contributed by atoms with Crippen molar-refractivity contribution in [3.63, 3.8) is 0 Å². The van der Waals surface area contributed by atoms with Gasteiger partial charge in [0.05, 0.1) is 79.3 Å². The molecular formula is C16H32NO6S2+. The largest absolute Gasteiger partial charge is 0.378 e. The standard InChI is InChI=1S/C16H32NO6S2/c1-5-20-9-13-24(14-10-21-6-2-18-1)17-25-15-11-22-7-3-19-4-8-23-12-16-25/h1-16H2/q+1. The number of hydrogen-bond acceptors (Lipinski definition) is 7. The highest BCUT2D eigenvalue weighted by molar-refractivity contribution is 8.03. The lowest BCUT2D eigenvalue weighted by molar-refractivity contribution is 0.0191. The van der Waals surface area contributed by atoms with Crippen LogP contribution in [0.1, 0.15) is 0 Å². The molecule has 9 heteroatoms. The number of hydrogen-bond donors (Lipinski definition) is 0. The summed E-state index contributed by atoms with van der Waals surface area (Å²) in [5.74, 6) is 3.84. The highest BCUT2D eigenvalue weighted by Gasteiger charge is 2.20. The van der Waals surface area contributed by atoms with Crippen LogP contribution in [0, 0.1) is 0 Å². The van der Waals surface area contributed by atoms with E-state index in [1.165, 1.54) is 0 Å². The summed E-state index contributed by atoms with van der Waals surface area (Å²) in [5.41, 5.74) is 0. The molecule has 0 amide bonds.